The highest BCUT2D eigenvalue weighted by molar-refractivity contribution is 6.67. The Kier molecular flexibility index (Phi) is 4.39. The summed E-state index contributed by atoms with van der Waals surface area (Å²) in [7, 11) is 0. The van der Waals surface area contributed by atoms with Crippen molar-refractivity contribution in [3.05, 3.63) is 65.9 Å². The average Bonchev–Trinajstić information content (AvgIpc) is 2.88. The van der Waals surface area contributed by atoms with Crippen LogP contribution in [-0.4, -0.2) is 20.1 Å². The second-order valence-electron chi connectivity index (χ2n) is 5.03. The second kappa shape index (κ2) is 6.64. The van der Waals surface area contributed by atoms with E-state index in [4.69, 9.17) is 11.6 Å². The molecule has 0 saturated carbocycles. The Bertz CT molecular complexity index is 902. The van der Waals surface area contributed by atoms with Crippen molar-refractivity contribution in [2.24, 2.45) is 10.2 Å². The molecule has 0 atom stereocenters. The number of hydrogen-bond acceptors (Lipinski definition) is 5. The number of carbonyl (C=O) groups is 1. The van der Waals surface area contributed by atoms with Gasteiger partial charge in [-0.3, -0.25) is 4.79 Å². The molecule has 0 amide bonds. The molecule has 0 aliphatic carbocycles. The van der Waals surface area contributed by atoms with Crippen LogP contribution in [0.3, 0.4) is 0 Å². The summed E-state index contributed by atoms with van der Waals surface area (Å²) in [6.07, 6.45) is 0. The highest BCUT2D eigenvalue weighted by atomic mass is 35.5. The Morgan fingerprint density at radius 3 is 2.38 bits per heavy atom. The maximum Gasteiger partial charge on any atom is 0.252 e. The van der Waals surface area contributed by atoms with Crippen molar-refractivity contribution in [1.82, 2.24) is 9.78 Å². The molecule has 6 nitrogen and oxygen atoms in total. The number of hydrogen-bond donors (Lipinski definition) is 1. The molecular weight excluding hydrogens is 328 g/mol. The van der Waals surface area contributed by atoms with Crippen LogP contribution in [0, 0.1) is 6.92 Å². The van der Waals surface area contributed by atoms with Gasteiger partial charge in [0.05, 0.1) is 17.1 Å². The molecule has 3 rings (SSSR count). The highest BCUT2D eigenvalue weighted by Crippen LogP contribution is 2.33. The Hall–Kier alpha value is -2.99. The molecule has 0 saturated heterocycles. The van der Waals surface area contributed by atoms with Crippen LogP contribution < -0.4 is 0 Å². The van der Waals surface area contributed by atoms with Gasteiger partial charge in [-0.15, -0.1) is 5.11 Å². The van der Waals surface area contributed by atoms with Gasteiger partial charge in [-0.25, -0.2) is 0 Å². The second-order valence-corrected chi connectivity index (χ2v) is 5.37. The number of nitrogens with zero attached hydrogens (tertiary/aromatic N) is 4. The third-order valence-corrected chi connectivity index (χ3v) is 3.58. The molecule has 0 aliphatic rings. The van der Waals surface area contributed by atoms with E-state index in [1.165, 1.54) is 4.68 Å². The topological polar surface area (TPSA) is 79.8 Å². The number of aryl methyl sites for hydroxylation is 1. The minimum Gasteiger partial charge on any atom is -0.492 e. The van der Waals surface area contributed by atoms with E-state index in [1.54, 1.807) is 31.2 Å². The predicted molar refractivity (Wildman–Crippen MR) is 90.8 cm³/mol. The summed E-state index contributed by atoms with van der Waals surface area (Å²) in [6, 6.07) is 15.6. The van der Waals surface area contributed by atoms with Crippen LogP contribution in [0.25, 0.3) is 5.69 Å². The Morgan fingerprint density at radius 1 is 1.08 bits per heavy atom. The predicted octanol–water partition coefficient (Wildman–Crippen LogP) is 4.68. The number of halogens is 1. The van der Waals surface area contributed by atoms with Crippen molar-refractivity contribution in [1.29, 1.82) is 0 Å². The quantitative estimate of drug-likeness (QED) is 0.553. The molecule has 0 unspecified atom stereocenters. The summed E-state index contributed by atoms with van der Waals surface area (Å²) in [5, 5.41) is 22.2. The van der Waals surface area contributed by atoms with Crippen LogP contribution in [-0.2, 0) is 0 Å². The highest BCUT2D eigenvalue weighted by Gasteiger charge is 2.15. The molecule has 0 spiro atoms. The molecule has 0 fully saturated rings. The lowest BCUT2D eigenvalue weighted by Crippen LogP contribution is -1.94. The first-order chi connectivity index (χ1) is 11.6. The zero-order valence-corrected chi connectivity index (χ0v) is 13.5. The molecule has 0 bridgehead atoms. The smallest absolute Gasteiger partial charge is 0.252 e. The van der Waals surface area contributed by atoms with Crippen LogP contribution in [0.15, 0.2) is 64.8 Å². The summed E-state index contributed by atoms with van der Waals surface area (Å²) >= 11 is 5.39. The van der Waals surface area contributed by atoms with E-state index in [9.17, 15) is 9.90 Å². The number of para-hydroxylation sites is 1. The summed E-state index contributed by atoms with van der Waals surface area (Å²) in [4.78, 5) is 11.0. The van der Waals surface area contributed by atoms with Gasteiger partial charge in [-0.2, -0.15) is 14.9 Å². The van der Waals surface area contributed by atoms with E-state index in [1.807, 2.05) is 30.3 Å². The van der Waals surface area contributed by atoms with Crippen molar-refractivity contribution in [2.45, 2.75) is 6.92 Å². The van der Waals surface area contributed by atoms with E-state index in [0.717, 1.165) is 5.69 Å². The van der Waals surface area contributed by atoms with Gasteiger partial charge in [0.25, 0.3) is 5.24 Å². The first-order valence-electron chi connectivity index (χ1n) is 7.12. The van der Waals surface area contributed by atoms with E-state index < -0.39 is 5.24 Å². The molecule has 3 aromatic rings. The van der Waals surface area contributed by atoms with Crippen LogP contribution in [0.2, 0.25) is 0 Å². The van der Waals surface area contributed by atoms with Gasteiger partial charge in [0, 0.05) is 5.56 Å². The first kappa shape index (κ1) is 15.9. The van der Waals surface area contributed by atoms with Crippen LogP contribution in [0.5, 0.6) is 5.88 Å². The molecule has 1 aromatic heterocycles. The zero-order chi connectivity index (χ0) is 17.1. The van der Waals surface area contributed by atoms with Crippen LogP contribution in [0.1, 0.15) is 16.1 Å². The number of aromatic hydroxyl groups is 1. The normalized spacial score (nSPS) is 11.1. The average molecular weight is 341 g/mol. The van der Waals surface area contributed by atoms with Crippen molar-refractivity contribution in [3.63, 3.8) is 0 Å². The minimum atomic E-state index is -0.531. The van der Waals surface area contributed by atoms with Crippen molar-refractivity contribution >= 4 is 28.2 Å². The van der Waals surface area contributed by atoms with Gasteiger partial charge in [0.15, 0.2) is 5.69 Å². The summed E-state index contributed by atoms with van der Waals surface area (Å²) < 4.78 is 1.40. The molecule has 24 heavy (non-hydrogen) atoms. The van der Waals surface area contributed by atoms with Crippen molar-refractivity contribution < 1.29 is 9.90 Å². The maximum absolute atomic E-state index is 11.0. The summed E-state index contributed by atoms with van der Waals surface area (Å²) in [5.74, 6) is -0.0880. The van der Waals surface area contributed by atoms with E-state index in [0.29, 0.717) is 16.9 Å². The van der Waals surface area contributed by atoms with Gasteiger partial charge in [0.2, 0.25) is 5.88 Å². The Morgan fingerprint density at radius 2 is 1.75 bits per heavy atom. The lowest BCUT2D eigenvalue weighted by Gasteiger charge is -2.01. The van der Waals surface area contributed by atoms with Gasteiger partial charge >= 0.3 is 0 Å². The van der Waals surface area contributed by atoms with Gasteiger partial charge in [-0.05, 0) is 54.9 Å². The Labute approximate surface area is 143 Å². The van der Waals surface area contributed by atoms with Gasteiger partial charge in [-0.1, -0.05) is 18.2 Å². The fourth-order valence-electron chi connectivity index (χ4n) is 2.14. The number of carbonyl (C=O) groups excluding carboxylic acids is 1. The molecular formula is C17H13ClN4O2. The van der Waals surface area contributed by atoms with Gasteiger partial charge in [0.1, 0.15) is 0 Å². The monoisotopic (exact) mass is 340 g/mol. The van der Waals surface area contributed by atoms with Crippen molar-refractivity contribution in [3.8, 4) is 11.6 Å². The molecule has 1 heterocycles. The SMILES string of the molecule is Cc1nn(-c2ccccc2)c(O)c1/N=N/c1ccc(C(=O)Cl)cc1. The fraction of sp³-hybridized carbons (Fsp3) is 0.0588. The first-order valence-corrected chi connectivity index (χ1v) is 7.49. The standard InChI is InChI=1S/C17H13ClN4O2/c1-11-15(17(24)22(21-11)14-5-3-2-4-6-14)20-19-13-9-7-12(8-10-13)16(18)23/h2-10,24H,1H3/b20-19+. The van der Waals surface area contributed by atoms with E-state index in [-0.39, 0.29) is 11.6 Å². The van der Waals surface area contributed by atoms with Gasteiger partial charge < -0.3 is 5.11 Å². The fourth-order valence-corrected chi connectivity index (χ4v) is 2.27. The molecule has 7 heteroatoms. The largest absolute Gasteiger partial charge is 0.492 e. The van der Waals surface area contributed by atoms with Crippen LogP contribution in [0.4, 0.5) is 11.4 Å². The lowest BCUT2D eigenvalue weighted by atomic mass is 10.2. The third-order valence-electron chi connectivity index (χ3n) is 3.37. The molecule has 0 aliphatic heterocycles. The van der Waals surface area contributed by atoms with Crippen molar-refractivity contribution in [2.75, 3.05) is 0 Å². The minimum absolute atomic E-state index is 0.0880. The number of rotatable bonds is 4. The summed E-state index contributed by atoms with van der Waals surface area (Å²) in [5.41, 5.74) is 2.48. The molecule has 0 radical (unpaired) electrons. The molecule has 1 N–H and O–H groups in total. The number of azo groups is 1. The van der Waals surface area contributed by atoms with E-state index in [2.05, 4.69) is 15.3 Å². The third kappa shape index (κ3) is 3.18. The van der Waals surface area contributed by atoms with E-state index >= 15 is 0 Å². The summed E-state index contributed by atoms with van der Waals surface area (Å²) in [6.45, 7) is 1.74. The molecule has 120 valence electrons. The Balaban J connectivity index is 1.90. The maximum atomic E-state index is 11.0. The number of aromatic nitrogens is 2. The van der Waals surface area contributed by atoms with Crippen LogP contribution >= 0.6 is 11.6 Å². The number of benzene rings is 2. The zero-order valence-electron chi connectivity index (χ0n) is 12.7. The lowest BCUT2D eigenvalue weighted by molar-refractivity contribution is 0.108. The molecule has 2 aromatic carbocycles.